The third-order valence-corrected chi connectivity index (χ3v) is 3.24. The van der Waals surface area contributed by atoms with Crippen LogP contribution in [0.1, 0.15) is 32.6 Å². The van der Waals surface area contributed by atoms with Gasteiger partial charge in [0, 0.05) is 47.0 Å². The van der Waals surface area contributed by atoms with E-state index in [2.05, 4.69) is 33.6 Å². The lowest BCUT2D eigenvalue weighted by Crippen LogP contribution is -1.97. The summed E-state index contributed by atoms with van der Waals surface area (Å²) in [6.45, 7) is 0. The van der Waals surface area contributed by atoms with E-state index in [9.17, 15) is 9.90 Å². The smallest absolute Gasteiger partial charge is 0.335 e. The van der Waals surface area contributed by atoms with E-state index < -0.39 is 5.97 Å². The lowest BCUT2D eigenvalue weighted by molar-refractivity contribution is 0.0697. The zero-order valence-electron chi connectivity index (χ0n) is 13.1. The lowest BCUT2D eigenvalue weighted by Gasteiger charge is -1.99. The fourth-order valence-corrected chi connectivity index (χ4v) is 2.05. The van der Waals surface area contributed by atoms with Crippen molar-refractivity contribution in [2.75, 3.05) is 0 Å². The van der Waals surface area contributed by atoms with Crippen molar-refractivity contribution in [3.63, 3.8) is 0 Å². The molecule has 118 valence electrons. The summed E-state index contributed by atoms with van der Waals surface area (Å²) in [5, 5.41) is 9.29. The molecule has 1 N–H and O–H groups in total. The van der Waals surface area contributed by atoms with Crippen LogP contribution in [-0.4, -0.2) is 21.0 Å². The van der Waals surface area contributed by atoms with Crippen molar-refractivity contribution in [3.8, 4) is 23.7 Å². The molecular weight excluding hydrogens is 312 g/mol. The molecular formula is C21H12N2O2. The molecule has 0 bridgehead atoms. The number of nitrogens with zero attached hydrogens (tertiary/aromatic N) is 2. The van der Waals surface area contributed by atoms with E-state index in [1.165, 1.54) is 12.1 Å². The molecule has 0 saturated heterocycles. The predicted octanol–water partition coefficient (Wildman–Crippen LogP) is 2.97. The number of carboxylic acid groups (broad SMARTS) is 1. The fourth-order valence-electron chi connectivity index (χ4n) is 2.05. The Balaban J connectivity index is 1.97. The van der Waals surface area contributed by atoms with Crippen LogP contribution < -0.4 is 0 Å². The molecule has 0 radical (unpaired) electrons. The summed E-state index contributed by atoms with van der Waals surface area (Å²) in [4.78, 5) is 19.2. The van der Waals surface area contributed by atoms with Gasteiger partial charge in [-0.05, 0) is 42.5 Å². The Morgan fingerprint density at radius 2 is 1.08 bits per heavy atom. The molecule has 25 heavy (non-hydrogen) atoms. The number of benzene rings is 1. The highest BCUT2D eigenvalue weighted by Crippen LogP contribution is 2.10. The topological polar surface area (TPSA) is 63.1 Å². The molecule has 2 aromatic heterocycles. The lowest BCUT2D eigenvalue weighted by atomic mass is 10.1. The van der Waals surface area contributed by atoms with Gasteiger partial charge in [0.05, 0.1) is 5.56 Å². The number of aromatic carboxylic acids is 1. The Morgan fingerprint density at radius 3 is 1.48 bits per heavy atom. The minimum Gasteiger partial charge on any atom is -0.478 e. The Morgan fingerprint density at radius 1 is 0.680 bits per heavy atom. The maximum Gasteiger partial charge on any atom is 0.335 e. The van der Waals surface area contributed by atoms with Gasteiger partial charge in [0.1, 0.15) is 0 Å². The molecule has 0 aliphatic heterocycles. The molecule has 1 aromatic carbocycles. The number of carbonyl (C=O) groups is 1. The number of pyridine rings is 2. The first-order valence-corrected chi connectivity index (χ1v) is 7.43. The number of aromatic nitrogens is 2. The van der Waals surface area contributed by atoms with Crippen LogP contribution in [0.5, 0.6) is 0 Å². The van der Waals surface area contributed by atoms with E-state index in [1.54, 1.807) is 55.1 Å². The van der Waals surface area contributed by atoms with Gasteiger partial charge in [0.2, 0.25) is 0 Å². The second-order valence-electron chi connectivity index (χ2n) is 5.08. The minimum atomic E-state index is -1.01. The fraction of sp³-hybridized carbons (Fsp3) is 0. The number of rotatable bonds is 1. The first kappa shape index (κ1) is 16.0. The first-order valence-electron chi connectivity index (χ1n) is 7.43. The molecule has 0 aliphatic carbocycles. The van der Waals surface area contributed by atoms with Crippen molar-refractivity contribution in [2.24, 2.45) is 0 Å². The summed E-state index contributed by atoms with van der Waals surface area (Å²) < 4.78 is 0. The normalized spacial score (nSPS) is 9.28. The van der Waals surface area contributed by atoms with Gasteiger partial charge in [-0.15, -0.1) is 0 Å². The summed E-state index contributed by atoms with van der Waals surface area (Å²) in [5.74, 6) is 10.9. The molecule has 0 spiro atoms. The van der Waals surface area contributed by atoms with Crippen LogP contribution in [0.3, 0.4) is 0 Å². The molecule has 3 rings (SSSR count). The van der Waals surface area contributed by atoms with E-state index in [0.717, 1.165) is 11.1 Å². The van der Waals surface area contributed by atoms with Crippen molar-refractivity contribution >= 4 is 5.97 Å². The molecule has 4 heteroatoms. The molecule has 0 fully saturated rings. The average molecular weight is 324 g/mol. The highest BCUT2D eigenvalue weighted by molar-refractivity contribution is 5.88. The van der Waals surface area contributed by atoms with Crippen LogP contribution in [0.4, 0.5) is 0 Å². The molecule has 4 nitrogen and oxygen atoms in total. The Bertz CT molecular complexity index is 946. The summed E-state index contributed by atoms with van der Waals surface area (Å²) in [7, 11) is 0. The SMILES string of the molecule is O=C(O)c1cc(C#Cc2ccncc2)cc(C#Cc2ccncc2)c1. The molecule has 0 unspecified atom stereocenters. The zero-order chi connectivity index (χ0) is 17.5. The van der Waals surface area contributed by atoms with Crippen molar-refractivity contribution in [2.45, 2.75) is 0 Å². The van der Waals surface area contributed by atoms with Crippen molar-refractivity contribution in [3.05, 3.63) is 95.1 Å². The van der Waals surface area contributed by atoms with Gasteiger partial charge >= 0.3 is 5.97 Å². The molecule has 0 atom stereocenters. The average Bonchev–Trinajstić information content (AvgIpc) is 2.66. The molecule has 0 aliphatic rings. The van der Waals surface area contributed by atoms with Gasteiger partial charge in [-0.25, -0.2) is 4.79 Å². The van der Waals surface area contributed by atoms with Gasteiger partial charge in [0.25, 0.3) is 0 Å². The third-order valence-electron chi connectivity index (χ3n) is 3.24. The van der Waals surface area contributed by atoms with Crippen LogP contribution in [0.15, 0.2) is 67.3 Å². The second kappa shape index (κ2) is 7.59. The van der Waals surface area contributed by atoms with Crippen LogP contribution in [0.2, 0.25) is 0 Å². The van der Waals surface area contributed by atoms with E-state index in [1.807, 2.05) is 0 Å². The number of hydrogen-bond donors (Lipinski definition) is 1. The Hall–Kier alpha value is -3.89. The maximum atomic E-state index is 11.3. The van der Waals surface area contributed by atoms with E-state index >= 15 is 0 Å². The number of carboxylic acids is 1. The largest absolute Gasteiger partial charge is 0.478 e. The van der Waals surface area contributed by atoms with Crippen LogP contribution in [0, 0.1) is 23.7 Å². The second-order valence-corrected chi connectivity index (χ2v) is 5.08. The van der Waals surface area contributed by atoms with Gasteiger partial charge in [-0.2, -0.15) is 0 Å². The van der Waals surface area contributed by atoms with Gasteiger partial charge in [0.15, 0.2) is 0 Å². The predicted molar refractivity (Wildman–Crippen MR) is 93.8 cm³/mol. The summed E-state index contributed by atoms with van der Waals surface area (Å²) in [6, 6.07) is 12.0. The van der Waals surface area contributed by atoms with Crippen molar-refractivity contribution in [1.82, 2.24) is 9.97 Å². The quantitative estimate of drug-likeness (QED) is 0.699. The van der Waals surface area contributed by atoms with Crippen LogP contribution in [0.25, 0.3) is 0 Å². The van der Waals surface area contributed by atoms with Crippen molar-refractivity contribution in [1.29, 1.82) is 0 Å². The maximum absolute atomic E-state index is 11.3. The monoisotopic (exact) mass is 324 g/mol. The van der Waals surface area contributed by atoms with E-state index in [-0.39, 0.29) is 5.56 Å². The summed E-state index contributed by atoms with van der Waals surface area (Å²) in [6.07, 6.45) is 6.62. The Labute approximate surface area is 145 Å². The molecule has 0 amide bonds. The minimum absolute atomic E-state index is 0.153. The van der Waals surface area contributed by atoms with Crippen LogP contribution >= 0.6 is 0 Å². The zero-order valence-corrected chi connectivity index (χ0v) is 13.1. The van der Waals surface area contributed by atoms with E-state index in [0.29, 0.717) is 11.1 Å². The highest BCUT2D eigenvalue weighted by atomic mass is 16.4. The highest BCUT2D eigenvalue weighted by Gasteiger charge is 2.05. The standard InChI is InChI=1S/C21H12N2O2/c24-21(25)20-14-18(3-1-16-5-9-22-10-6-16)13-19(15-20)4-2-17-7-11-23-12-8-17/h5-15H,(H,24,25). The van der Waals surface area contributed by atoms with Crippen molar-refractivity contribution < 1.29 is 9.90 Å². The van der Waals surface area contributed by atoms with E-state index in [4.69, 9.17) is 0 Å². The third kappa shape index (κ3) is 4.54. The summed E-state index contributed by atoms with van der Waals surface area (Å²) >= 11 is 0. The first-order chi connectivity index (χ1) is 12.2. The molecule has 0 saturated carbocycles. The molecule has 3 aromatic rings. The van der Waals surface area contributed by atoms with Crippen LogP contribution in [-0.2, 0) is 0 Å². The summed E-state index contributed by atoms with van der Waals surface area (Å²) in [5.41, 5.74) is 2.95. The van der Waals surface area contributed by atoms with Gasteiger partial charge in [-0.3, -0.25) is 9.97 Å². The van der Waals surface area contributed by atoms with Gasteiger partial charge in [-0.1, -0.05) is 23.7 Å². The molecule has 2 heterocycles. The van der Waals surface area contributed by atoms with Gasteiger partial charge < -0.3 is 5.11 Å². The Kier molecular flexibility index (Phi) is 4.85. The number of hydrogen-bond acceptors (Lipinski definition) is 3.